The Morgan fingerprint density at radius 3 is 1.77 bits per heavy atom. The first-order valence-electron chi connectivity index (χ1n) is 12.6. The lowest BCUT2D eigenvalue weighted by atomic mass is 10.1. The number of hydrogen-bond acceptors (Lipinski definition) is 6. The molecule has 0 heterocycles. The number of nitrogens with one attached hydrogen (secondary N) is 1. The predicted octanol–water partition coefficient (Wildman–Crippen LogP) is 7.18. The zero-order valence-electron chi connectivity index (χ0n) is 22.0. The van der Waals surface area contributed by atoms with Gasteiger partial charge in [0.1, 0.15) is 0 Å². The van der Waals surface area contributed by atoms with Gasteiger partial charge in [0.25, 0.3) is 0 Å². The van der Waals surface area contributed by atoms with Crippen molar-refractivity contribution in [2.45, 2.75) is 71.4 Å². The van der Waals surface area contributed by atoms with Crippen LogP contribution in [0.4, 0.5) is 0 Å². The van der Waals surface area contributed by atoms with Gasteiger partial charge in [0.15, 0.2) is 23.0 Å². The summed E-state index contributed by atoms with van der Waals surface area (Å²) in [5.41, 5.74) is 1.95. The Morgan fingerprint density at radius 1 is 0.657 bits per heavy atom. The summed E-state index contributed by atoms with van der Waals surface area (Å²) in [6, 6.07) is 7.61. The van der Waals surface area contributed by atoms with Crippen molar-refractivity contribution in [1.82, 2.24) is 5.32 Å². The van der Waals surface area contributed by atoms with Gasteiger partial charge in [-0.2, -0.15) is 0 Å². The third-order valence-corrected chi connectivity index (χ3v) is 6.31. The Balaban J connectivity index is 1.91. The first-order valence-corrected chi connectivity index (χ1v) is 12.9. The molecule has 196 valence electrons. The third kappa shape index (κ3) is 9.34. The molecule has 0 unspecified atom stereocenters. The summed E-state index contributed by atoms with van der Waals surface area (Å²) in [4.78, 5) is 0. The fraction of sp³-hybridized carbons (Fsp3) is 0.571. The highest BCUT2D eigenvalue weighted by Crippen LogP contribution is 2.39. The Morgan fingerprint density at radius 2 is 1.20 bits per heavy atom. The number of ether oxygens (including phenoxy) is 5. The van der Waals surface area contributed by atoms with Crippen LogP contribution in [0.5, 0.6) is 28.7 Å². The van der Waals surface area contributed by atoms with Gasteiger partial charge in [0.2, 0.25) is 5.75 Å². The van der Waals surface area contributed by atoms with Gasteiger partial charge in [-0.3, -0.25) is 0 Å². The van der Waals surface area contributed by atoms with Crippen LogP contribution in [-0.2, 0) is 13.1 Å². The smallest absolute Gasteiger partial charge is 0.203 e. The van der Waals surface area contributed by atoms with Gasteiger partial charge >= 0.3 is 0 Å². The molecular formula is C28H42ClNO5. The van der Waals surface area contributed by atoms with Gasteiger partial charge in [0.05, 0.1) is 35.0 Å². The quantitative estimate of drug-likeness (QED) is 0.215. The zero-order valence-corrected chi connectivity index (χ0v) is 22.8. The molecule has 0 saturated heterocycles. The van der Waals surface area contributed by atoms with Crippen molar-refractivity contribution in [3.63, 3.8) is 0 Å². The molecule has 0 bridgehead atoms. The van der Waals surface area contributed by atoms with Crippen LogP contribution in [0.1, 0.15) is 69.4 Å². The van der Waals surface area contributed by atoms with Gasteiger partial charge in [-0.1, -0.05) is 63.5 Å². The molecule has 0 aliphatic heterocycles. The molecule has 7 heteroatoms. The molecule has 0 aliphatic rings. The lowest BCUT2D eigenvalue weighted by Gasteiger charge is -2.17. The molecule has 2 rings (SSSR count). The van der Waals surface area contributed by atoms with Crippen LogP contribution < -0.4 is 29.0 Å². The largest absolute Gasteiger partial charge is 0.493 e. The average Bonchev–Trinajstić information content (AvgIpc) is 2.88. The number of hydrogen-bond donors (Lipinski definition) is 1. The van der Waals surface area contributed by atoms with E-state index in [9.17, 15) is 0 Å². The van der Waals surface area contributed by atoms with E-state index in [1.54, 1.807) is 34.5 Å². The minimum absolute atomic E-state index is 0.570. The highest BCUT2D eigenvalue weighted by Gasteiger charge is 2.15. The molecule has 6 nitrogen and oxygen atoms in total. The van der Waals surface area contributed by atoms with Crippen molar-refractivity contribution in [3.8, 4) is 28.7 Å². The Kier molecular flexibility index (Phi) is 13.5. The van der Waals surface area contributed by atoms with Crippen molar-refractivity contribution < 1.29 is 23.7 Å². The Bertz CT molecular complexity index is 865. The van der Waals surface area contributed by atoms with E-state index in [2.05, 4.69) is 12.2 Å². The lowest BCUT2D eigenvalue weighted by molar-refractivity contribution is 0.266. The first-order chi connectivity index (χ1) is 17.1. The molecule has 0 atom stereocenters. The van der Waals surface area contributed by atoms with Crippen molar-refractivity contribution >= 4 is 11.6 Å². The summed E-state index contributed by atoms with van der Waals surface area (Å²) >= 11 is 6.41. The molecule has 0 fully saturated rings. The summed E-state index contributed by atoms with van der Waals surface area (Å²) < 4.78 is 28.0. The van der Waals surface area contributed by atoms with Gasteiger partial charge in [0, 0.05) is 24.2 Å². The maximum Gasteiger partial charge on any atom is 0.203 e. The van der Waals surface area contributed by atoms with E-state index in [1.807, 2.05) is 18.2 Å². The van der Waals surface area contributed by atoms with Gasteiger partial charge in [-0.25, -0.2) is 0 Å². The second-order valence-electron chi connectivity index (χ2n) is 8.55. The first kappa shape index (κ1) is 28.9. The topological polar surface area (TPSA) is 58.2 Å². The fourth-order valence-electron chi connectivity index (χ4n) is 3.96. The maximum atomic E-state index is 6.41. The summed E-state index contributed by atoms with van der Waals surface area (Å²) in [5, 5.41) is 4.04. The third-order valence-electron chi connectivity index (χ3n) is 5.96. The van der Waals surface area contributed by atoms with Crippen LogP contribution in [0.2, 0.25) is 5.02 Å². The molecule has 0 radical (unpaired) electrons. The van der Waals surface area contributed by atoms with Crippen molar-refractivity contribution in [1.29, 1.82) is 0 Å². The molecular weight excluding hydrogens is 466 g/mol. The van der Waals surface area contributed by atoms with Gasteiger partial charge in [-0.05, 0) is 35.7 Å². The molecule has 2 aromatic carbocycles. The second-order valence-corrected chi connectivity index (χ2v) is 8.96. The van der Waals surface area contributed by atoms with Crippen LogP contribution in [0.3, 0.4) is 0 Å². The molecule has 0 saturated carbocycles. The predicted molar refractivity (Wildman–Crippen MR) is 143 cm³/mol. The maximum absolute atomic E-state index is 6.41. The normalized spacial score (nSPS) is 10.8. The standard InChI is InChI=1S/C28H42ClNO5/c1-6-7-8-9-10-11-12-13-14-35-28-26(33-4)15-21(16-27(28)34-5)19-30-20-22-17-24(31-2)25(32-3)18-23(22)29/h15-18,30H,6-14,19-20H2,1-5H3. The van der Waals surface area contributed by atoms with E-state index >= 15 is 0 Å². The number of rotatable bonds is 18. The van der Waals surface area contributed by atoms with Crippen molar-refractivity contribution in [2.75, 3.05) is 35.0 Å². The van der Waals surface area contributed by atoms with E-state index in [0.717, 1.165) is 17.5 Å². The van der Waals surface area contributed by atoms with Crippen molar-refractivity contribution in [2.24, 2.45) is 0 Å². The van der Waals surface area contributed by atoms with E-state index in [4.69, 9.17) is 35.3 Å². The molecule has 0 amide bonds. The summed E-state index contributed by atoms with van der Waals surface area (Å²) in [6.07, 6.45) is 10.1. The van der Waals surface area contributed by atoms with Crippen LogP contribution in [0.15, 0.2) is 24.3 Å². The van der Waals surface area contributed by atoms with E-state index in [1.165, 1.54) is 44.9 Å². The number of unbranched alkanes of at least 4 members (excludes halogenated alkanes) is 7. The number of benzene rings is 2. The van der Waals surface area contributed by atoms with Crippen molar-refractivity contribution in [3.05, 3.63) is 40.4 Å². The average molecular weight is 508 g/mol. The summed E-state index contributed by atoms with van der Waals surface area (Å²) in [6.45, 7) is 4.08. The van der Waals surface area contributed by atoms with E-state index < -0.39 is 0 Å². The minimum Gasteiger partial charge on any atom is -0.493 e. The van der Waals surface area contributed by atoms with Gasteiger partial charge in [-0.15, -0.1) is 0 Å². The van der Waals surface area contributed by atoms with Crippen LogP contribution in [-0.4, -0.2) is 35.0 Å². The lowest BCUT2D eigenvalue weighted by Crippen LogP contribution is -2.14. The molecule has 2 aromatic rings. The summed E-state index contributed by atoms with van der Waals surface area (Å²) in [7, 11) is 6.51. The number of methoxy groups -OCH3 is 4. The number of halogens is 1. The molecule has 0 aliphatic carbocycles. The molecule has 0 aromatic heterocycles. The van der Waals surface area contributed by atoms with Crippen LogP contribution in [0.25, 0.3) is 0 Å². The zero-order chi connectivity index (χ0) is 25.5. The fourth-order valence-corrected chi connectivity index (χ4v) is 4.18. The molecule has 35 heavy (non-hydrogen) atoms. The Labute approximate surface area is 216 Å². The van der Waals surface area contributed by atoms with Crippen LogP contribution in [0, 0.1) is 0 Å². The van der Waals surface area contributed by atoms with Gasteiger partial charge < -0.3 is 29.0 Å². The van der Waals surface area contributed by atoms with E-state index in [0.29, 0.717) is 53.5 Å². The second kappa shape index (κ2) is 16.4. The monoisotopic (exact) mass is 507 g/mol. The minimum atomic E-state index is 0.570. The van der Waals surface area contributed by atoms with E-state index in [-0.39, 0.29) is 0 Å². The molecule has 1 N–H and O–H groups in total. The highest BCUT2D eigenvalue weighted by molar-refractivity contribution is 6.31. The summed E-state index contributed by atoms with van der Waals surface area (Å²) in [5.74, 6) is 3.26. The SMILES string of the molecule is CCCCCCCCCCOc1c(OC)cc(CNCc2cc(OC)c(OC)cc2Cl)cc1OC. The Hall–Kier alpha value is -2.31. The molecule has 0 spiro atoms. The highest BCUT2D eigenvalue weighted by atomic mass is 35.5. The van der Waals surface area contributed by atoms with Crippen LogP contribution >= 0.6 is 11.6 Å².